The average Bonchev–Trinajstić information content (AvgIpc) is 2.93. The van der Waals surface area contributed by atoms with Gasteiger partial charge in [0.15, 0.2) is 5.82 Å². The summed E-state index contributed by atoms with van der Waals surface area (Å²) in [5.41, 5.74) is 8.43. The number of nitrogens with zero attached hydrogens (tertiary/aromatic N) is 4. The molecule has 0 saturated heterocycles. The Morgan fingerprint density at radius 2 is 2.05 bits per heavy atom. The highest BCUT2D eigenvalue weighted by atomic mass is 79.9. The molecule has 0 bridgehead atoms. The average molecular weight is 348 g/mol. The summed E-state index contributed by atoms with van der Waals surface area (Å²) in [6.45, 7) is 1.88. The number of halogens is 2. The molecule has 0 aliphatic carbocycles. The number of aromatic nitrogens is 4. The highest BCUT2D eigenvalue weighted by Crippen LogP contribution is 2.28. The summed E-state index contributed by atoms with van der Waals surface area (Å²) >= 11 is 3.32. The zero-order valence-electron chi connectivity index (χ0n) is 11.1. The van der Waals surface area contributed by atoms with Gasteiger partial charge >= 0.3 is 0 Å². The van der Waals surface area contributed by atoms with Gasteiger partial charge in [0.2, 0.25) is 0 Å². The molecule has 0 aliphatic heterocycles. The van der Waals surface area contributed by atoms with E-state index < -0.39 is 5.82 Å². The fourth-order valence-corrected chi connectivity index (χ4v) is 2.41. The Labute approximate surface area is 128 Å². The van der Waals surface area contributed by atoms with Crippen molar-refractivity contribution in [2.75, 3.05) is 5.73 Å². The lowest BCUT2D eigenvalue weighted by Gasteiger charge is -2.09. The summed E-state index contributed by atoms with van der Waals surface area (Å²) < 4.78 is 16.1. The van der Waals surface area contributed by atoms with E-state index in [1.165, 1.54) is 10.7 Å². The van der Waals surface area contributed by atoms with E-state index in [9.17, 15) is 4.39 Å². The molecule has 106 valence electrons. The number of hydrogen-bond donors (Lipinski definition) is 1. The first-order valence-electron chi connectivity index (χ1n) is 6.17. The molecule has 5 nitrogen and oxygen atoms in total. The van der Waals surface area contributed by atoms with E-state index in [0.29, 0.717) is 11.5 Å². The first-order valence-corrected chi connectivity index (χ1v) is 6.96. The molecule has 0 radical (unpaired) electrons. The number of anilines is 1. The van der Waals surface area contributed by atoms with E-state index in [1.807, 2.05) is 19.1 Å². The van der Waals surface area contributed by atoms with Crippen molar-refractivity contribution in [3.05, 3.63) is 52.3 Å². The molecule has 0 unspecified atom stereocenters. The normalized spacial score (nSPS) is 10.8. The third-order valence-corrected chi connectivity index (χ3v) is 3.72. The zero-order chi connectivity index (χ0) is 15.0. The van der Waals surface area contributed by atoms with Crippen LogP contribution in [0.2, 0.25) is 0 Å². The Hall–Kier alpha value is -2.28. The van der Waals surface area contributed by atoms with Gasteiger partial charge in [-0.2, -0.15) is 4.68 Å². The van der Waals surface area contributed by atoms with Gasteiger partial charge < -0.3 is 5.73 Å². The Bertz CT molecular complexity index is 798. The highest BCUT2D eigenvalue weighted by molar-refractivity contribution is 9.10. The van der Waals surface area contributed by atoms with Crippen LogP contribution in [0.25, 0.3) is 17.1 Å². The van der Waals surface area contributed by atoms with Gasteiger partial charge in [-0.05, 0) is 47.2 Å². The van der Waals surface area contributed by atoms with Crippen LogP contribution in [-0.2, 0) is 0 Å². The van der Waals surface area contributed by atoms with Gasteiger partial charge in [-0.25, -0.2) is 4.39 Å². The molecule has 3 rings (SSSR count). The standard InChI is InChI=1S/C14H11BrFN5/c1-8-10(3-2-4-12(8)17)14-18-19-20-21(14)13-7-9(15)5-6-11(13)16/h2-7H,17H2,1H3. The fourth-order valence-electron chi connectivity index (χ4n) is 2.06. The van der Waals surface area contributed by atoms with Gasteiger partial charge in [0.05, 0.1) is 0 Å². The van der Waals surface area contributed by atoms with Crippen LogP contribution in [0.3, 0.4) is 0 Å². The van der Waals surface area contributed by atoms with Crippen molar-refractivity contribution in [1.29, 1.82) is 0 Å². The van der Waals surface area contributed by atoms with E-state index in [-0.39, 0.29) is 5.69 Å². The molecule has 0 amide bonds. The van der Waals surface area contributed by atoms with E-state index in [0.717, 1.165) is 15.6 Å². The van der Waals surface area contributed by atoms with Crippen molar-refractivity contribution >= 4 is 21.6 Å². The molecule has 2 aromatic carbocycles. The molecule has 0 aliphatic rings. The van der Waals surface area contributed by atoms with Crippen LogP contribution < -0.4 is 5.73 Å². The molecule has 21 heavy (non-hydrogen) atoms. The molecular weight excluding hydrogens is 337 g/mol. The van der Waals surface area contributed by atoms with Crippen LogP contribution in [-0.4, -0.2) is 20.2 Å². The summed E-state index contributed by atoms with van der Waals surface area (Å²) in [4.78, 5) is 0. The van der Waals surface area contributed by atoms with Gasteiger partial charge in [0.25, 0.3) is 0 Å². The Morgan fingerprint density at radius 3 is 2.86 bits per heavy atom. The number of nitrogens with two attached hydrogens (primary N) is 1. The van der Waals surface area contributed by atoms with Gasteiger partial charge in [-0.15, -0.1) is 5.10 Å². The Kier molecular flexibility index (Phi) is 3.42. The number of rotatable bonds is 2. The fraction of sp³-hybridized carbons (Fsp3) is 0.0714. The molecule has 2 N–H and O–H groups in total. The minimum absolute atomic E-state index is 0.270. The molecule has 0 spiro atoms. The summed E-state index contributed by atoms with van der Waals surface area (Å²) in [6, 6.07) is 10.1. The second kappa shape index (κ2) is 5.25. The van der Waals surface area contributed by atoms with Gasteiger partial charge in [-0.1, -0.05) is 28.1 Å². The number of hydrogen-bond acceptors (Lipinski definition) is 4. The third kappa shape index (κ3) is 2.40. The minimum atomic E-state index is -0.409. The van der Waals surface area contributed by atoms with Crippen LogP contribution in [0.5, 0.6) is 0 Å². The minimum Gasteiger partial charge on any atom is -0.398 e. The van der Waals surface area contributed by atoms with Crippen molar-refractivity contribution in [1.82, 2.24) is 20.2 Å². The van der Waals surface area contributed by atoms with E-state index >= 15 is 0 Å². The highest BCUT2D eigenvalue weighted by Gasteiger charge is 2.16. The van der Waals surface area contributed by atoms with E-state index in [4.69, 9.17) is 5.73 Å². The van der Waals surface area contributed by atoms with Gasteiger partial charge in [0, 0.05) is 15.7 Å². The first-order chi connectivity index (χ1) is 10.1. The quantitative estimate of drug-likeness (QED) is 0.723. The molecule has 0 saturated carbocycles. The van der Waals surface area contributed by atoms with Crippen molar-refractivity contribution < 1.29 is 4.39 Å². The van der Waals surface area contributed by atoms with E-state index in [2.05, 4.69) is 31.5 Å². The lowest BCUT2D eigenvalue weighted by atomic mass is 10.1. The molecule has 1 heterocycles. The van der Waals surface area contributed by atoms with Crippen LogP contribution >= 0.6 is 15.9 Å². The first kappa shape index (κ1) is 13.7. The molecule has 1 aromatic heterocycles. The molecule has 0 atom stereocenters. The molecule has 3 aromatic rings. The molecule has 0 fully saturated rings. The topological polar surface area (TPSA) is 69.6 Å². The Balaban J connectivity index is 2.22. The second-order valence-electron chi connectivity index (χ2n) is 4.53. The maximum absolute atomic E-state index is 14.0. The molecule has 7 heteroatoms. The van der Waals surface area contributed by atoms with Crippen molar-refractivity contribution in [3.8, 4) is 17.1 Å². The van der Waals surface area contributed by atoms with E-state index in [1.54, 1.807) is 18.2 Å². The predicted octanol–water partition coefficient (Wildman–Crippen LogP) is 3.12. The van der Waals surface area contributed by atoms with Crippen LogP contribution in [0, 0.1) is 12.7 Å². The summed E-state index contributed by atoms with van der Waals surface area (Å²) in [5.74, 6) is 0.0325. The van der Waals surface area contributed by atoms with Crippen LogP contribution in [0.4, 0.5) is 10.1 Å². The van der Waals surface area contributed by atoms with Crippen molar-refractivity contribution in [2.45, 2.75) is 6.92 Å². The lowest BCUT2D eigenvalue weighted by Crippen LogP contribution is -2.04. The van der Waals surface area contributed by atoms with Gasteiger partial charge in [0.1, 0.15) is 11.5 Å². The molecular formula is C14H11BrFN5. The maximum Gasteiger partial charge on any atom is 0.187 e. The zero-order valence-corrected chi connectivity index (χ0v) is 12.7. The second-order valence-corrected chi connectivity index (χ2v) is 5.45. The van der Waals surface area contributed by atoms with Crippen LogP contribution in [0.1, 0.15) is 5.56 Å². The van der Waals surface area contributed by atoms with Crippen LogP contribution in [0.15, 0.2) is 40.9 Å². The largest absolute Gasteiger partial charge is 0.398 e. The smallest absolute Gasteiger partial charge is 0.187 e. The Morgan fingerprint density at radius 1 is 1.24 bits per heavy atom. The lowest BCUT2D eigenvalue weighted by molar-refractivity contribution is 0.607. The monoisotopic (exact) mass is 347 g/mol. The SMILES string of the molecule is Cc1c(N)cccc1-c1nnnn1-c1cc(Br)ccc1F. The van der Waals surface area contributed by atoms with Crippen molar-refractivity contribution in [2.24, 2.45) is 0 Å². The maximum atomic E-state index is 14.0. The summed E-state index contributed by atoms with van der Waals surface area (Å²) in [5, 5.41) is 11.5. The predicted molar refractivity (Wildman–Crippen MR) is 81.4 cm³/mol. The number of tetrazole rings is 1. The number of nitrogen functional groups attached to an aromatic ring is 1. The summed E-state index contributed by atoms with van der Waals surface area (Å²) in [7, 11) is 0. The summed E-state index contributed by atoms with van der Waals surface area (Å²) in [6.07, 6.45) is 0. The van der Waals surface area contributed by atoms with Gasteiger partial charge in [-0.3, -0.25) is 0 Å². The number of benzene rings is 2. The van der Waals surface area contributed by atoms with Crippen molar-refractivity contribution in [3.63, 3.8) is 0 Å². The third-order valence-electron chi connectivity index (χ3n) is 3.22.